The highest BCUT2D eigenvalue weighted by atomic mass is 16.4. The van der Waals surface area contributed by atoms with Crippen LogP contribution in [0.2, 0.25) is 0 Å². The van der Waals surface area contributed by atoms with Crippen LogP contribution in [-0.4, -0.2) is 23.5 Å². The molecule has 1 fully saturated rings. The maximum Gasteiger partial charge on any atom is 0.307 e. The topological polar surface area (TPSA) is 66.4 Å². The first kappa shape index (κ1) is 10.8. The summed E-state index contributed by atoms with van der Waals surface area (Å²) in [6, 6.07) is 0. The highest BCUT2D eigenvalue weighted by Crippen LogP contribution is 2.38. The van der Waals surface area contributed by atoms with Gasteiger partial charge in [0.25, 0.3) is 0 Å². The van der Waals surface area contributed by atoms with Crippen molar-refractivity contribution in [3.05, 3.63) is 11.6 Å². The molecule has 14 heavy (non-hydrogen) atoms. The van der Waals surface area contributed by atoms with Crippen LogP contribution in [-0.2, 0) is 9.59 Å². The van der Waals surface area contributed by atoms with Gasteiger partial charge in [0.15, 0.2) is 0 Å². The molecule has 1 aliphatic carbocycles. The summed E-state index contributed by atoms with van der Waals surface area (Å²) in [7, 11) is 0. The molecule has 0 aromatic carbocycles. The summed E-state index contributed by atoms with van der Waals surface area (Å²) in [5, 5.41) is 11.3. The van der Waals surface area contributed by atoms with E-state index in [0.29, 0.717) is 13.0 Å². The number of carboxylic acid groups (broad SMARTS) is 1. The summed E-state index contributed by atoms with van der Waals surface area (Å²) in [6.45, 7) is 4.39. The monoisotopic (exact) mass is 197 g/mol. The van der Waals surface area contributed by atoms with E-state index in [0.717, 1.165) is 5.57 Å². The largest absolute Gasteiger partial charge is 0.481 e. The number of amides is 1. The van der Waals surface area contributed by atoms with E-state index in [4.69, 9.17) is 5.11 Å². The first-order chi connectivity index (χ1) is 6.52. The van der Waals surface area contributed by atoms with Crippen LogP contribution in [0.4, 0.5) is 0 Å². The summed E-state index contributed by atoms with van der Waals surface area (Å²) in [6.07, 6.45) is 2.38. The fourth-order valence-corrected chi connectivity index (χ4v) is 1.24. The van der Waals surface area contributed by atoms with E-state index in [2.05, 4.69) is 5.32 Å². The third-order valence-electron chi connectivity index (χ3n) is 2.23. The van der Waals surface area contributed by atoms with Crippen LogP contribution in [0.3, 0.4) is 0 Å². The van der Waals surface area contributed by atoms with E-state index in [-0.39, 0.29) is 11.8 Å². The van der Waals surface area contributed by atoms with Gasteiger partial charge in [-0.2, -0.15) is 0 Å². The fourth-order valence-electron chi connectivity index (χ4n) is 1.24. The van der Waals surface area contributed by atoms with E-state index < -0.39 is 11.9 Å². The zero-order chi connectivity index (χ0) is 10.7. The fraction of sp³-hybridized carbons (Fsp3) is 0.600. The maximum atomic E-state index is 11.3. The van der Waals surface area contributed by atoms with Gasteiger partial charge in [0.1, 0.15) is 0 Å². The van der Waals surface area contributed by atoms with Crippen LogP contribution in [0, 0.1) is 11.8 Å². The van der Waals surface area contributed by atoms with Gasteiger partial charge in [0, 0.05) is 6.54 Å². The molecule has 1 saturated carbocycles. The summed E-state index contributed by atoms with van der Waals surface area (Å²) in [5.74, 6) is -1.78. The van der Waals surface area contributed by atoms with E-state index in [1.54, 1.807) is 0 Å². The van der Waals surface area contributed by atoms with Crippen molar-refractivity contribution in [2.75, 3.05) is 6.54 Å². The number of hydrogen-bond acceptors (Lipinski definition) is 2. The third kappa shape index (κ3) is 2.87. The van der Waals surface area contributed by atoms with Crippen molar-refractivity contribution in [1.82, 2.24) is 5.32 Å². The number of aliphatic carboxylic acids is 1. The van der Waals surface area contributed by atoms with E-state index in [9.17, 15) is 9.59 Å². The lowest BCUT2D eigenvalue weighted by atomic mass is 10.3. The SMILES string of the molecule is CC(C)=CCNC(=O)[C@@H]1C[C@@H]1C(=O)O. The molecule has 2 atom stereocenters. The molecule has 0 heterocycles. The molecule has 1 aliphatic rings. The molecule has 0 radical (unpaired) electrons. The van der Waals surface area contributed by atoms with Gasteiger partial charge in [-0.3, -0.25) is 9.59 Å². The first-order valence-electron chi connectivity index (χ1n) is 4.66. The summed E-state index contributed by atoms with van der Waals surface area (Å²) in [5.41, 5.74) is 1.14. The van der Waals surface area contributed by atoms with Crippen molar-refractivity contribution in [3.63, 3.8) is 0 Å². The lowest BCUT2D eigenvalue weighted by Gasteiger charge is -2.00. The smallest absolute Gasteiger partial charge is 0.307 e. The highest BCUT2D eigenvalue weighted by Gasteiger charge is 2.48. The second-order valence-electron chi connectivity index (χ2n) is 3.81. The number of rotatable bonds is 4. The van der Waals surface area contributed by atoms with Gasteiger partial charge in [-0.15, -0.1) is 0 Å². The predicted octanol–water partition coefficient (Wildman–Crippen LogP) is 0.790. The van der Waals surface area contributed by atoms with Crippen molar-refractivity contribution in [2.45, 2.75) is 20.3 Å². The molecule has 2 N–H and O–H groups in total. The minimum Gasteiger partial charge on any atom is -0.481 e. The lowest BCUT2D eigenvalue weighted by Crippen LogP contribution is -2.26. The Bertz CT molecular complexity index is 279. The Morgan fingerprint density at radius 1 is 1.43 bits per heavy atom. The molecule has 4 nitrogen and oxygen atoms in total. The average molecular weight is 197 g/mol. The molecular formula is C10H15NO3. The van der Waals surface area contributed by atoms with Crippen molar-refractivity contribution >= 4 is 11.9 Å². The minimum atomic E-state index is -0.868. The Morgan fingerprint density at radius 3 is 2.50 bits per heavy atom. The van der Waals surface area contributed by atoms with Crippen LogP contribution < -0.4 is 5.32 Å². The molecule has 0 bridgehead atoms. The van der Waals surface area contributed by atoms with Gasteiger partial charge < -0.3 is 10.4 Å². The van der Waals surface area contributed by atoms with E-state index in [1.807, 2.05) is 19.9 Å². The number of nitrogens with one attached hydrogen (secondary N) is 1. The number of carbonyl (C=O) groups is 2. The van der Waals surface area contributed by atoms with E-state index in [1.165, 1.54) is 0 Å². The Hall–Kier alpha value is -1.32. The first-order valence-corrected chi connectivity index (χ1v) is 4.66. The maximum absolute atomic E-state index is 11.3. The Kier molecular flexibility index (Phi) is 3.28. The van der Waals surface area contributed by atoms with Crippen LogP contribution >= 0.6 is 0 Å². The van der Waals surface area contributed by atoms with Gasteiger partial charge in [0.2, 0.25) is 5.91 Å². The Balaban J connectivity index is 2.25. The molecule has 4 heteroatoms. The summed E-state index contributed by atoms with van der Waals surface area (Å²) < 4.78 is 0. The molecule has 1 amide bonds. The van der Waals surface area contributed by atoms with Crippen LogP contribution in [0.1, 0.15) is 20.3 Å². The lowest BCUT2D eigenvalue weighted by molar-refractivity contribution is -0.140. The number of hydrogen-bond donors (Lipinski definition) is 2. The van der Waals surface area contributed by atoms with Crippen LogP contribution in [0.25, 0.3) is 0 Å². The minimum absolute atomic E-state index is 0.144. The van der Waals surface area contributed by atoms with Crippen molar-refractivity contribution in [1.29, 1.82) is 0 Å². The number of carbonyl (C=O) groups excluding carboxylic acids is 1. The molecule has 78 valence electrons. The van der Waals surface area contributed by atoms with Gasteiger partial charge in [-0.05, 0) is 20.3 Å². The van der Waals surface area contributed by atoms with Crippen molar-refractivity contribution < 1.29 is 14.7 Å². The van der Waals surface area contributed by atoms with Crippen LogP contribution in [0.5, 0.6) is 0 Å². The summed E-state index contributed by atoms with van der Waals surface area (Å²) in [4.78, 5) is 21.8. The molecule has 0 saturated heterocycles. The van der Waals surface area contributed by atoms with Gasteiger partial charge >= 0.3 is 5.97 Å². The molecule has 1 rings (SSSR count). The predicted molar refractivity (Wildman–Crippen MR) is 51.7 cm³/mol. The van der Waals surface area contributed by atoms with Gasteiger partial charge in [-0.25, -0.2) is 0 Å². The Morgan fingerprint density at radius 2 is 2.07 bits per heavy atom. The second-order valence-corrected chi connectivity index (χ2v) is 3.81. The molecule has 0 unspecified atom stereocenters. The number of carboxylic acids is 1. The molecule has 0 aromatic heterocycles. The highest BCUT2D eigenvalue weighted by molar-refractivity contribution is 5.89. The van der Waals surface area contributed by atoms with Gasteiger partial charge in [-0.1, -0.05) is 11.6 Å². The van der Waals surface area contributed by atoms with E-state index >= 15 is 0 Å². The van der Waals surface area contributed by atoms with Crippen molar-refractivity contribution in [3.8, 4) is 0 Å². The van der Waals surface area contributed by atoms with Crippen LogP contribution in [0.15, 0.2) is 11.6 Å². The zero-order valence-electron chi connectivity index (χ0n) is 8.41. The quantitative estimate of drug-likeness (QED) is 0.655. The van der Waals surface area contributed by atoms with Gasteiger partial charge in [0.05, 0.1) is 11.8 Å². The molecular weight excluding hydrogens is 182 g/mol. The molecule has 0 aliphatic heterocycles. The Labute approximate surface area is 83.0 Å². The average Bonchev–Trinajstić information content (AvgIpc) is 2.81. The second kappa shape index (κ2) is 4.26. The molecule has 0 spiro atoms. The zero-order valence-corrected chi connectivity index (χ0v) is 8.41. The normalized spacial score (nSPS) is 23.9. The number of allylic oxidation sites excluding steroid dienone is 1. The molecule has 0 aromatic rings. The third-order valence-corrected chi connectivity index (χ3v) is 2.23. The summed E-state index contributed by atoms with van der Waals surface area (Å²) >= 11 is 0. The van der Waals surface area contributed by atoms with Crippen molar-refractivity contribution in [2.24, 2.45) is 11.8 Å². The standard InChI is InChI=1S/C10H15NO3/c1-6(2)3-4-11-9(12)7-5-8(7)10(13)14/h3,7-8H,4-5H2,1-2H3,(H,11,12)(H,13,14)/t7-,8+/m1/s1.